The molecule has 0 spiro atoms. The fourth-order valence-corrected chi connectivity index (χ4v) is 3.91. The van der Waals surface area contributed by atoms with Crippen LogP contribution in [0.15, 0.2) is 0 Å². The lowest BCUT2D eigenvalue weighted by Crippen LogP contribution is -2.54. The molecule has 1 aliphatic carbocycles. The van der Waals surface area contributed by atoms with Crippen LogP contribution in [0.1, 0.15) is 58.3 Å². The number of carboxylic acids is 1. The highest BCUT2D eigenvalue weighted by atomic mass is 16.4. The maximum absolute atomic E-state index is 13.0. The minimum atomic E-state index is -0.739. The van der Waals surface area contributed by atoms with Crippen molar-refractivity contribution in [2.75, 3.05) is 13.1 Å². The van der Waals surface area contributed by atoms with Gasteiger partial charge in [-0.25, -0.2) is 0 Å². The van der Waals surface area contributed by atoms with Crippen LogP contribution >= 0.6 is 0 Å². The van der Waals surface area contributed by atoms with Crippen LogP contribution in [0.5, 0.6) is 0 Å². The summed E-state index contributed by atoms with van der Waals surface area (Å²) in [6.45, 7) is 2.93. The summed E-state index contributed by atoms with van der Waals surface area (Å²) in [6, 6.07) is -0.000900. The van der Waals surface area contributed by atoms with E-state index in [1.807, 2.05) is 11.8 Å². The standard InChI is InChI=1S/C16H28N2O3/c1-12-10-13(14(19)20)6-9-18(12)15(21)16(11-17)7-4-2-3-5-8-16/h12-13H,2-11,17H2,1H3,(H,19,20). The van der Waals surface area contributed by atoms with Crippen molar-refractivity contribution in [2.45, 2.75) is 64.3 Å². The molecule has 2 atom stereocenters. The Morgan fingerprint density at radius 1 is 1.24 bits per heavy atom. The number of carboxylic acid groups (broad SMARTS) is 1. The summed E-state index contributed by atoms with van der Waals surface area (Å²) < 4.78 is 0. The third-order valence-corrected chi connectivity index (χ3v) is 5.39. The molecule has 0 bridgehead atoms. The fraction of sp³-hybridized carbons (Fsp3) is 0.875. The molecule has 1 aliphatic heterocycles. The van der Waals surface area contributed by atoms with Crippen molar-refractivity contribution in [3.63, 3.8) is 0 Å². The largest absolute Gasteiger partial charge is 0.481 e. The molecule has 5 heteroatoms. The smallest absolute Gasteiger partial charge is 0.306 e. The van der Waals surface area contributed by atoms with E-state index in [9.17, 15) is 9.59 Å². The second-order valence-electron chi connectivity index (χ2n) is 6.81. The SMILES string of the molecule is CC1CC(C(=O)O)CCN1C(=O)C1(CN)CCCCCC1. The first-order valence-electron chi connectivity index (χ1n) is 8.24. The van der Waals surface area contributed by atoms with Crippen molar-refractivity contribution in [1.82, 2.24) is 4.90 Å². The zero-order valence-electron chi connectivity index (χ0n) is 13.0. The van der Waals surface area contributed by atoms with Gasteiger partial charge in [-0.15, -0.1) is 0 Å². The molecule has 0 aromatic heterocycles. The first-order valence-corrected chi connectivity index (χ1v) is 8.24. The summed E-state index contributed by atoms with van der Waals surface area (Å²) in [5.41, 5.74) is 5.59. The van der Waals surface area contributed by atoms with Crippen molar-refractivity contribution in [3.05, 3.63) is 0 Å². The molecule has 0 aromatic carbocycles. The highest BCUT2D eigenvalue weighted by Crippen LogP contribution is 2.38. The first-order chi connectivity index (χ1) is 10.00. The number of hydrogen-bond acceptors (Lipinski definition) is 3. The topological polar surface area (TPSA) is 83.6 Å². The molecule has 2 aliphatic rings. The van der Waals surface area contributed by atoms with E-state index >= 15 is 0 Å². The Kier molecular flexibility index (Phi) is 5.25. The zero-order chi connectivity index (χ0) is 15.5. The summed E-state index contributed by atoms with van der Waals surface area (Å²) >= 11 is 0. The van der Waals surface area contributed by atoms with Gasteiger partial charge in [0.25, 0.3) is 0 Å². The highest BCUT2D eigenvalue weighted by molar-refractivity contribution is 5.83. The van der Waals surface area contributed by atoms with Crippen LogP contribution in [0, 0.1) is 11.3 Å². The Hall–Kier alpha value is -1.10. The average Bonchev–Trinajstić information content (AvgIpc) is 2.72. The summed E-state index contributed by atoms with van der Waals surface area (Å²) in [6.07, 6.45) is 7.40. The number of amides is 1. The number of carbonyl (C=O) groups is 2. The van der Waals surface area contributed by atoms with E-state index in [2.05, 4.69) is 0 Å². The Morgan fingerprint density at radius 3 is 2.33 bits per heavy atom. The average molecular weight is 296 g/mol. The lowest BCUT2D eigenvalue weighted by atomic mass is 9.77. The first kappa shape index (κ1) is 16.3. The highest BCUT2D eigenvalue weighted by Gasteiger charge is 2.43. The molecule has 0 radical (unpaired) electrons. The molecule has 2 fully saturated rings. The normalized spacial score (nSPS) is 29.7. The third kappa shape index (κ3) is 3.39. The fourth-order valence-electron chi connectivity index (χ4n) is 3.91. The number of nitrogens with zero attached hydrogens (tertiary/aromatic N) is 1. The van der Waals surface area contributed by atoms with Gasteiger partial charge < -0.3 is 15.7 Å². The Bertz CT molecular complexity index is 389. The van der Waals surface area contributed by atoms with Gasteiger partial charge in [0.1, 0.15) is 0 Å². The molecule has 1 heterocycles. The lowest BCUT2D eigenvalue weighted by Gasteiger charge is -2.42. The van der Waals surface area contributed by atoms with Crippen molar-refractivity contribution in [2.24, 2.45) is 17.1 Å². The van der Waals surface area contributed by atoms with Gasteiger partial charge in [-0.3, -0.25) is 9.59 Å². The quantitative estimate of drug-likeness (QED) is 0.780. The molecule has 1 saturated heterocycles. The summed E-state index contributed by atoms with van der Waals surface area (Å²) in [4.78, 5) is 26.1. The third-order valence-electron chi connectivity index (χ3n) is 5.39. The summed E-state index contributed by atoms with van der Waals surface area (Å²) in [5, 5.41) is 9.14. The van der Waals surface area contributed by atoms with Crippen LogP contribution in [-0.2, 0) is 9.59 Å². The number of aliphatic carboxylic acids is 1. The van der Waals surface area contributed by atoms with Gasteiger partial charge in [-0.1, -0.05) is 25.7 Å². The lowest BCUT2D eigenvalue weighted by molar-refractivity contribution is -0.152. The van der Waals surface area contributed by atoms with Gasteiger partial charge >= 0.3 is 5.97 Å². The van der Waals surface area contributed by atoms with E-state index < -0.39 is 11.4 Å². The van der Waals surface area contributed by atoms with E-state index in [1.165, 1.54) is 12.8 Å². The Labute approximate surface area is 126 Å². The minimum Gasteiger partial charge on any atom is -0.481 e. The number of carbonyl (C=O) groups excluding carboxylic acids is 1. The van der Waals surface area contributed by atoms with Crippen LogP contribution in [0.4, 0.5) is 0 Å². The second-order valence-corrected chi connectivity index (χ2v) is 6.81. The maximum Gasteiger partial charge on any atom is 0.306 e. The molecular weight excluding hydrogens is 268 g/mol. The van der Waals surface area contributed by atoms with Crippen molar-refractivity contribution < 1.29 is 14.7 Å². The zero-order valence-corrected chi connectivity index (χ0v) is 13.0. The summed E-state index contributed by atoms with van der Waals surface area (Å²) in [5.74, 6) is -0.882. The van der Waals surface area contributed by atoms with Gasteiger partial charge in [0.05, 0.1) is 11.3 Å². The van der Waals surface area contributed by atoms with Crippen LogP contribution in [-0.4, -0.2) is 41.0 Å². The van der Waals surface area contributed by atoms with Crippen LogP contribution < -0.4 is 5.73 Å². The predicted molar refractivity (Wildman–Crippen MR) is 80.7 cm³/mol. The minimum absolute atomic E-state index is 0.000900. The molecule has 1 amide bonds. The number of likely N-dealkylation sites (tertiary alicyclic amines) is 1. The Balaban J connectivity index is 2.09. The van der Waals surface area contributed by atoms with Crippen molar-refractivity contribution >= 4 is 11.9 Å². The van der Waals surface area contributed by atoms with E-state index in [0.717, 1.165) is 25.7 Å². The van der Waals surface area contributed by atoms with E-state index in [1.54, 1.807) is 0 Å². The van der Waals surface area contributed by atoms with Crippen molar-refractivity contribution in [1.29, 1.82) is 0 Å². The molecule has 1 saturated carbocycles. The van der Waals surface area contributed by atoms with Gasteiger partial charge in [-0.2, -0.15) is 0 Å². The monoisotopic (exact) mass is 296 g/mol. The van der Waals surface area contributed by atoms with E-state index in [4.69, 9.17) is 10.8 Å². The number of rotatable bonds is 3. The predicted octanol–water partition coefficient (Wildman–Crippen LogP) is 2.00. The van der Waals surface area contributed by atoms with E-state index in [0.29, 0.717) is 25.9 Å². The van der Waals surface area contributed by atoms with Crippen LogP contribution in [0.25, 0.3) is 0 Å². The molecule has 21 heavy (non-hydrogen) atoms. The van der Waals surface area contributed by atoms with Crippen LogP contribution in [0.3, 0.4) is 0 Å². The number of hydrogen-bond donors (Lipinski definition) is 2. The Morgan fingerprint density at radius 2 is 1.86 bits per heavy atom. The van der Waals surface area contributed by atoms with Crippen molar-refractivity contribution in [3.8, 4) is 0 Å². The summed E-state index contributed by atoms with van der Waals surface area (Å²) in [7, 11) is 0. The second kappa shape index (κ2) is 6.77. The van der Waals surface area contributed by atoms with Gasteiger partial charge in [-0.05, 0) is 32.6 Å². The molecule has 5 nitrogen and oxygen atoms in total. The number of nitrogens with two attached hydrogens (primary N) is 1. The van der Waals surface area contributed by atoms with Gasteiger partial charge in [0.15, 0.2) is 0 Å². The van der Waals surface area contributed by atoms with Gasteiger partial charge in [0.2, 0.25) is 5.91 Å². The van der Waals surface area contributed by atoms with Gasteiger partial charge in [0, 0.05) is 19.1 Å². The molecule has 2 rings (SSSR count). The maximum atomic E-state index is 13.0. The van der Waals surface area contributed by atoms with E-state index in [-0.39, 0.29) is 17.9 Å². The molecule has 0 aromatic rings. The number of piperidine rings is 1. The molecular formula is C16H28N2O3. The molecule has 3 N–H and O–H groups in total. The molecule has 2 unspecified atom stereocenters. The molecule has 120 valence electrons. The van der Waals surface area contributed by atoms with Crippen LogP contribution in [0.2, 0.25) is 0 Å².